The van der Waals surface area contributed by atoms with E-state index in [0.29, 0.717) is 11.5 Å². The van der Waals surface area contributed by atoms with Crippen LogP contribution in [-0.2, 0) is 0 Å². The molecule has 0 saturated heterocycles. The van der Waals surface area contributed by atoms with Crippen LogP contribution in [0.2, 0.25) is 0 Å². The zero-order chi connectivity index (χ0) is 17.8. The smallest absolute Gasteiger partial charge is 0.185 e. The molecule has 3 rings (SSSR count). The highest BCUT2D eigenvalue weighted by molar-refractivity contribution is 5.73. The Balaban J connectivity index is 1.89. The first kappa shape index (κ1) is 16.9. The summed E-state index contributed by atoms with van der Waals surface area (Å²) in [6.07, 6.45) is 10.2. The van der Waals surface area contributed by atoms with Crippen molar-refractivity contribution >= 4 is 5.82 Å². The minimum atomic E-state index is 0.0147. The van der Waals surface area contributed by atoms with Crippen LogP contribution >= 0.6 is 0 Å². The van der Waals surface area contributed by atoms with Crippen LogP contribution in [0.25, 0.3) is 11.3 Å². The summed E-state index contributed by atoms with van der Waals surface area (Å²) in [5, 5.41) is 13.7. The lowest BCUT2D eigenvalue weighted by Crippen LogP contribution is -2.17. The lowest BCUT2D eigenvalue weighted by molar-refractivity contribution is 0.475. The van der Waals surface area contributed by atoms with Crippen LogP contribution in [0, 0.1) is 6.92 Å². The van der Waals surface area contributed by atoms with E-state index in [1.54, 1.807) is 0 Å². The molecular formula is C20H22N4O. The highest BCUT2D eigenvalue weighted by atomic mass is 16.3. The molecule has 0 amide bonds. The van der Waals surface area contributed by atoms with Crippen LogP contribution < -0.4 is 11.1 Å². The van der Waals surface area contributed by atoms with Crippen molar-refractivity contribution in [3.63, 3.8) is 0 Å². The summed E-state index contributed by atoms with van der Waals surface area (Å²) in [6.45, 7) is 3.99. The molecule has 0 saturated carbocycles. The molecule has 0 spiro atoms. The molecule has 1 aliphatic rings. The summed E-state index contributed by atoms with van der Waals surface area (Å²) in [4.78, 5) is 8.39. The van der Waals surface area contributed by atoms with Gasteiger partial charge in [-0.3, -0.25) is 0 Å². The minimum Gasteiger partial charge on any atom is -0.503 e. The number of aromatic nitrogens is 2. The minimum absolute atomic E-state index is 0.0147. The standard InChI is InChI=1S/C20H22N4O/c1-13-6-8-16(9-7-13)18-19(25)20(23-12-22-18)24-17-5-3-4-15(10-11-17)14(2)21/h3,5-12,14,25H,4,21H2,1-2H3,(H,22,23,24). The van der Waals surface area contributed by atoms with Gasteiger partial charge < -0.3 is 16.2 Å². The zero-order valence-electron chi connectivity index (χ0n) is 14.4. The molecule has 1 heterocycles. The predicted octanol–water partition coefficient (Wildman–Crippen LogP) is 3.69. The van der Waals surface area contributed by atoms with Gasteiger partial charge in [0, 0.05) is 17.3 Å². The highest BCUT2D eigenvalue weighted by Crippen LogP contribution is 2.32. The Labute approximate surface area is 147 Å². The van der Waals surface area contributed by atoms with E-state index in [0.717, 1.165) is 28.8 Å². The number of nitrogens with zero attached hydrogens (tertiary/aromatic N) is 2. The second kappa shape index (κ2) is 7.32. The van der Waals surface area contributed by atoms with E-state index >= 15 is 0 Å². The summed E-state index contributed by atoms with van der Waals surface area (Å²) in [7, 11) is 0. The van der Waals surface area contributed by atoms with Crippen LogP contribution in [0.3, 0.4) is 0 Å². The molecule has 0 fully saturated rings. The average molecular weight is 334 g/mol. The summed E-state index contributed by atoms with van der Waals surface area (Å²) in [5.41, 5.74) is 10.4. The van der Waals surface area contributed by atoms with E-state index in [1.165, 1.54) is 6.33 Å². The molecule has 1 atom stereocenters. The monoisotopic (exact) mass is 334 g/mol. The average Bonchev–Trinajstić information content (AvgIpc) is 2.83. The van der Waals surface area contributed by atoms with Crippen molar-refractivity contribution in [2.75, 3.05) is 5.32 Å². The van der Waals surface area contributed by atoms with Crippen LogP contribution in [0.5, 0.6) is 5.75 Å². The number of nitrogens with one attached hydrogen (secondary N) is 1. The van der Waals surface area contributed by atoms with Gasteiger partial charge >= 0.3 is 0 Å². The Morgan fingerprint density at radius 1 is 1.16 bits per heavy atom. The third-order valence-corrected chi connectivity index (χ3v) is 4.12. The molecule has 2 aromatic rings. The van der Waals surface area contributed by atoms with Crippen LogP contribution in [0.1, 0.15) is 18.9 Å². The van der Waals surface area contributed by atoms with Crippen molar-refractivity contribution < 1.29 is 5.11 Å². The van der Waals surface area contributed by atoms with Crippen molar-refractivity contribution in [2.24, 2.45) is 5.73 Å². The summed E-state index contributed by atoms with van der Waals surface area (Å²) >= 11 is 0. The van der Waals surface area contributed by atoms with E-state index in [2.05, 4.69) is 15.3 Å². The maximum absolute atomic E-state index is 10.6. The lowest BCUT2D eigenvalue weighted by Gasteiger charge is -2.10. The number of nitrogens with two attached hydrogens (primary N) is 1. The highest BCUT2D eigenvalue weighted by Gasteiger charge is 2.13. The molecule has 1 aromatic heterocycles. The van der Waals surface area contributed by atoms with Gasteiger partial charge in [0.05, 0.1) is 0 Å². The molecule has 5 nitrogen and oxygen atoms in total. The molecule has 0 bridgehead atoms. The Morgan fingerprint density at radius 2 is 1.92 bits per heavy atom. The Morgan fingerprint density at radius 3 is 2.64 bits per heavy atom. The van der Waals surface area contributed by atoms with Crippen molar-refractivity contribution in [3.8, 4) is 17.0 Å². The fourth-order valence-electron chi connectivity index (χ4n) is 2.59. The molecule has 1 aliphatic carbocycles. The van der Waals surface area contributed by atoms with Crippen molar-refractivity contribution in [1.82, 2.24) is 9.97 Å². The van der Waals surface area contributed by atoms with E-state index in [4.69, 9.17) is 5.73 Å². The van der Waals surface area contributed by atoms with Crippen molar-refractivity contribution in [2.45, 2.75) is 26.3 Å². The molecule has 1 unspecified atom stereocenters. The number of rotatable bonds is 4. The normalized spacial score (nSPS) is 15.2. The number of allylic oxidation sites excluding steroid dienone is 4. The Hall–Kier alpha value is -2.92. The van der Waals surface area contributed by atoms with E-state index in [1.807, 2.05) is 62.4 Å². The fraction of sp³-hybridized carbons (Fsp3) is 0.200. The van der Waals surface area contributed by atoms with Crippen LogP contribution in [0.4, 0.5) is 5.82 Å². The van der Waals surface area contributed by atoms with Gasteiger partial charge in [0.25, 0.3) is 0 Å². The zero-order valence-corrected chi connectivity index (χ0v) is 14.4. The maximum Gasteiger partial charge on any atom is 0.185 e. The third kappa shape index (κ3) is 3.95. The summed E-state index contributed by atoms with van der Waals surface area (Å²) < 4.78 is 0. The molecule has 1 aromatic carbocycles. The van der Waals surface area contributed by atoms with E-state index < -0.39 is 0 Å². The number of benzene rings is 1. The van der Waals surface area contributed by atoms with Gasteiger partial charge in [-0.2, -0.15) is 0 Å². The van der Waals surface area contributed by atoms with Crippen LogP contribution in [0.15, 0.2) is 66.2 Å². The second-order valence-electron chi connectivity index (χ2n) is 6.17. The SMILES string of the molecule is Cc1ccc(-c2ncnc(NC3=CC=C(C(C)N)CC=C3)c2O)cc1. The maximum atomic E-state index is 10.6. The van der Waals surface area contributed by atoms with Gasteiger partial charge in [-0.1, -0.05) is 42.0 Å². The van der Waals surface area contributed by atoms with E-state index in [9.17, 15) is 5.11 Å². The van der Waals surface area contributed by atoms with Gasteiger partial charge in [-0.15, -0.1) is 0 Å². The van der Waals surface area contributed by atoms with Crippen LogP contribution in [-0.4, -0.2) is 21.1 Å². The van der Waals surface area contributed by atoms with Crippen molar-refractivity contribution in [3.05, 3.63) is 71.7 Å². The molecule has 128 valence electrons. The summed E-state index contributed by atoms with van der Waals surface area (Å²) in [5.74, 6) is 0.403. The number of hydrogen-bond donors (Lipinski definition) is 3. The number of aryl methyl sites for hydroxylation is 1. The van der Waals surface area contributed by atoms with Crippen molar-refractivity contribution in [1.29, 1.82) is 0 Å². The molecule has 25 heavy (non-hydrogen) atoms. The quantitative estimate of drug-likeness (QED) is 0.794. The molecular weight excluding hydrogens is 312 g/mol. The van der Waals surface area contributed by atoms with Gasteiger partial charge in [0.15, 0.2) is 11.6 Å². The van der Waals surface area contributed by atoms with Gasteiger partial charge in [0.2, 0.25) is 0 Å². The first-order chi connectivity index (χ1) is 12.0. The third-order valence-electron chi connectivity index (χ3n) is 4.12. The first-order valence-corrected chi connectivity index (χ1v) is 8.25. The van der Waals surface area contributed by atoms with E-state index in [-0.39, 0.29) is 11.8 Å². The topological polar surface area (TPSA) is 84.1 Å². The number of anilines is 1. The second-order valence-corrected chi connectivity index (χ2v) is 6.17. The molecule has 4 N–H and O–H groups in total. The number of hydrogen-bond acceptors (Lipinski definition) is 5. The Kier molecular flexibility index (Phi) is 4.95. The molecule has 0 radical (unpaired) electrons. The fourth-order valence-corrected chi connectivity index (χ4v) is 2.59. The first-order valence-electron chi connectivity index (χ1n) is 8.25. The van der Waals surface area contributed by atoms with Gasteiger partial charge in [-0.25, -0.2) is 9.97 Å². The number of aromatic hydroxyl groups is 1. The predicted molar refractivity (Wildman–Crippen MR) is 101 cm³/mol. The Bertz CT molecular complexity index is 848. The largest absolute Gasteiger partial charge is 0.503 e. The summed E-state index contributed by atoms with van der Waals surface area (Å²) in [6, 6.07) is 7.86. The molecule has 5 heteroatoms. The van der Waals surface area contributed by atoms with Gasteiger partial charge in [0.1, 0.15) is 12.0 Å². The molecule has 0 aliphatic heterocycles. The lowest BCUT2D eigenvalue weighted by atomic mass is 10.1. The van der Waals surface area contributed by atoms with Gasteiger partial charge in [-0.05, 0) is 38.0 Å².